The van der Waals surface area contributed by atoms with E-state index >= 15 is 0 Å². The second-order valence-corrected chi connectivity index (χ2v) is 5.10. The molecular formula is C12H24N4. The minimum atomic E-state index is 0.615. The molecule has 1 heterocycles. The van der Waals surface area contributed by atoms with Gasteiger partial charge in [-0.1, -0.05) is 27.7 Å². The van der Waals surface area contributed by atoms with Gasteiger partial charge in [-0.05, 0) is 18.4 Å². The number of nitrogens with one attached hydrogen (secondary N) is 1. The molecule has 1 rings (SSSR count). The smallest absolute Gasteiger partial charge is 0.138 e. The van der Waals surface area contributed by atoms with Crippen LogP contribution in [-0.2, 0) is 13.0 Å². The molecule has 1 N–H and O–H groups in total. The summed E-state index contributed by atoms with van der Waals surface area (Å²) in [6.45, 7) is 11.8. The molecule has 0 aliphatic carbocycles. The van der Waals surface area contributed by atoms with Crippen LogP contribution in [0, 0.1) is 11.8 Å². The van der Waals surface area contributed by atoms with E-state index in [-0.39, 0.29) is 0 Å². The van der Waals surface area contributed by atoms with Crippen LogP contribution >= 0.6 is 0 Å². The molecule has 0 aromatic carbocycles. The summed E-state index contributed by atoms with van der Waals surface area (Å²) in [5.41, 5.74) is 0. The molecule has 1 aromatic heterocycles. The molecule has 0 atom stereocenters. The minimum Gasteiger partial charge on any atom is -0.316 e. The Labute approximate surface area is 98.5 Å². The highest BCUT2D eigenvalue weighted by molar-refractivity contribution is 4.85. The van der Waals surface area contributed by atoms with Crippen molar-refractivity contribution in [3.05, 3.63) is 12.2 Å². The molecule has 1 aromatic rings. The fourth-order valence-electron chi connectivity index (χ4n) is 1.57. The number of nitrogens with zero attached hydrogens (tertiary/aromatic N) is 3. The lowest BCUT2D eigenvalue weighted by Crippen LogP contribution is -2.23. The van der Waals surface area contributed by atoms with E-state index in [1.54, 1.807) is 6.33 Å². The third-order valence-corrected chi connectivity index (χ3v) is 2.31. The molecule has 0 aliphatic rings. The average Bonchev–Trinajstić information content (AvgIpc) is 2.59. The van der Waals surface area contributed by atoms with Gasteiger partial charge in [-0.25, -0.2) is 9.67 Å². The molecule has 92 valence electrons. The Balaban J connectivity index is 2.33. The van der Waals surface area contributed by atoms with Gasteiger partial charge in [0.2, 0.25) is 0 Å². The van der Waals surface area contributed by atoms with Gasteiger partial charge in [0, 0.05) is 19.5 Å². The zero-order valence-electron chi connectivity index (χ0n) is 10.9. The lowest BCUT2D eigenvalue weighted by atomic mass is 10.2. The summed E-state index contributed by atoms with van der Waals surface area (Å²) in [7, 11) is 0. The van der Waals surface area contributed by atoms with Gasteiger partial charge in [0.05, 0.1) is 0 Å². The Hall–Kier alpha value is -0.900. The predicted octanol–water partition coefficient (Wildman–Crippen LogP) is 1.72. The first-order valence-electron chi connectivity index (χ1n) is 6.17. The van der Waals surface area contributed by atoms with E-state index in [1.165, 1.54) is 0 Å². The van der Waals surface area contributed by atoms with Gasteiger partial charge in [-0.2, -0.15) is 5.10 Å². The summed E-state index contributed by atoms with van der Waals surface area (Å²) in [6.07, 6.45) is 2.61. The Morgan fingerprint density at radius 2 is 2.00 bits per heavy atom. The molecule has 16 heavy (non-hydrogen) atoms. The molecule has 0 fully saturated rings. The molecule has 0 saturated carbocycles. The van der Waals surface area contributed by atoms with Crippen LogP contribution in [0.2, 0.25) is 0 Å². The summed E-state index contributed by atoms with van der Waals surface area (Å²) < 4.78 is 2.02. The molecule has 0 bridgehead atoms. The lowest BCUT2D eigenvalue weighted by Gasteiger charge is -2.09. The maximum absolute atomic E-state index is 4.30. The normalized spacial score (nSPS) is 11.6. The van der Waals surface area contributed by atoms with Crippen molar-refractivity contribution >= 4 is 0 Å². The number of hydrogen-bond acceptors (Lipinski definition) is 3. The van der Waals surface area contributed by atoms with Crippen LogP contribution in [0.4, 0.5) is 0 Å². The molecule has 0 radical (unpaired) electrons. The number of hydrogen-bond donors (Lipinski definition) is 1. The van der Waals surface area contributed by atoms with E-state index in [1.807, 2.05) is 4.68 Å². The summed E-state index contributed by atoms with van der Waals surface area (Å²) in [6, 6.07) is 0. The van der Waals surface area contributed by atoms with Gasteiger partial charge in [0.25, 0.3) is 0 Å². The van der Waals surface area contributed by atoms with Crippen LogP contribution in [0.15, 0.2) is 6.33 Å². The Bertz CT molecular complexity index is 291. The first kappa shape index (κ1) is 13.2. The van der Waals surface area contributed by atoms with Crippen molar-refractivity contribution in [3.63, 3.8) is 0 Å². The largest absolute Gasteiger partial charge is 0.316 e. The van der Waals surface area contributed by atoms with E-state index in [9.17, 15) is 0 Å². The van der Waals surface area contributed by atoms with Crippen LogP contribution in [0.3, 0.4) is 0 Å². The molecular weight excluding hydrogens is 200 g/mol. The van der Waals surface area contributed by atoms with Gasteiger partial charge in [0.15, 0.2) is 0 Å². The predicted molar refractivity (Wildman–Crippen MR) is 66.3 cm³/mol. The summed E-state index contributed by atoms with van der Waals surface area (Å²) in [5, 5.41) is 7.67. The fourth-order valence-corrected chi connectivity index (χ4v) is 1.57. The average molecular weight is 224 g/mol. The summed E-state index contributed by atoms with van der Waals surface area (Å²) >= 11 is 0. The topological polar surface area (TPSA) is 42.7 Å². The Morgan fingerprint density at radius 1 is 1.25 bits per heavy atom. The van der Waals surface area contributed by atoms with Crippen LogP contribution in [0.5, 0.6) is 0 Å². The van der Waals surface area contributed by atoms with Gasteiger partial charge >= 0.3 is 0 Å². The molecule has 0 saturated heterocycles. The maximum atomic E-state index is 4.30. The van der Waals surface area contributed by atoms with E-state index in [4.69, 9.17) is 0 Å². The highest BCUT2D eigenvalue weighted by atomic mass is 15.3. The Morgan fingerprint density at radius 3 is 2.62 bits per heavy atom. The third kappa shape index (κ3) is 4.75. The molecule has 0 unspecified atom stereocenters. The molecule has 4 heteroatoms. The van der Waals surface area contributed by atoms with Crippen LogP contribution in [0.25, 0.3) is 0 Å². The molecule has 4 nitrogen and oxygen atoms in total. The van der Waals surface area contributed by atoms with E-state index in [2.05, 4.69) is 43.1 Å². The van der Waals surface area contributed by atoms with Gasteiger partial charge in [-0.15, -0.1) is 0 Å². The first-order chi connectivity index (χ1) is 7.59. The highest BCUT2D eigenvalue weighted by Gasteiger charge is 2.05. The van der Waals surface area contributed by atoms with E-state index in [0.717, 1.165) is 31.9 Å². The van der Waals surface area contributed by atoms with Crippen LogP contribution in [0.1, 0.15) is 33.5 Å². The lowest BCUT2D eigenvalue weighted by molar-refractivity contribution is 0.460. The summed E-state index contributed by atoms with van der Waals surface area (Å²) in [4.78, 5) is 4.30. The fraction of sp³-hybridized carbons (Fsp3) is 0.833. The maximum Gasteiger partial charge on any atom is 0.138 e. The Kier molecular flexibility index (Phi) is 5.46. The van der Waals surface area contributed by atoms with Crippen molar-refractivity contribution < 1.29 is 0 Å². The van der Waals surface area contributed by atoms with Crippen molar-refractivity contribution in [2.45, 2.75) is 40.7 Å². The van der Waals surface area contributed by atoms with Crippen molar-refractivity contribution in [1.82, 2.24) is 20.1 Å². The van der Waals surface area contributed by atoms with Crippen molar-refractivity contribution in [2.24, 2.45) is 11.8 Å². The summed E-state index contributed by atoms with van der Waals surface area (Å²) in [5.74, 6) is 2.41. The second-order valence-electron chi connectivity index (χ2n) is 5.10. The van der Waals surface area contributed by atoms with Gasteiger partial charge in [-0.3, -0.25) is 0 Å². The zero-order valence-corrected chi connectivity index (χ0v) is 10.9. The first-order valence-corrected chi connectivity index (χ1v) is 6.17. The minimum absolute atomic E-state index is 0.615. The highest BCUT2D eigenvalue weighted by Crippen LogP contribution is 2.01. The zero-order chi connectivity index (χ0) is 12.0. The quantitative estimate of drug-likeness (QED) is 0.717. The SMILES string of the molecule is CC(C)CNCCc1ncnn1CC(C)C. The van der Waals surface area contributed by atoms with Crippen molar-refractivity contribution in [1.29, 1.82) is 0 Å². The number of rotatable bonds is 7. The molecule has 0 spiro atoms. The van der Waals surface area contributed by atoms with Crippen molar-refractivity contribution in [3.8, 4) is 0 Å². The number of aromatic nitrogens is 3. The second kappa shape index (κ2) is 6.63. The van der Waals surface area contributed by atoms with Crippen molar-refractivity contribution in [2.75, 3.05) is 13.1 Å². The van der Waals surface area contributed by atoms with E-state index < -0.39 is 0 Å². The van der Waals surface area contributed by atoms with Gasteiger partial charge < -0.3 is 5.32 Å². The molecule has 0 aliphatic heterocycles. The monoisotopic (exact) mass is 224 g/mol. The van der Waals surface area contributed by atoms with Gasteiger partial charge in [0.1, 0.15) is 12.2 Å². The van der Waals surface area contributed by atoms with Crippen LogP contribution in [-0.4, -0.2) is 27.9 Å². The van der Waals surface area contributed by atoms with Crippen LogP contribution < -0.4 is 5.32 Å². The molecule has 0 amide bonds. The standard InChI is InChI=1S/C12H24N4/c1-10(2)7-13-6-5-12-14-9-15-16(12)8-11(3)4/h9-11,13H,5-8H2,1-4H3. The third-order valence-electron chi connectivity index (χ3n) is 2.31. The van der Waals surface area contributed by atoms with E-state index in [0.29, 0.717) is 11.8 Å².